The molecule has 160 valence electrons. The van der Waals surface area contributed by atoms with Gasteiger partial charge < -0.3 is 0 Å². The second kappa shape index (κ2) is 9.40. The maximum atomic E-state index is 13.4. The summed E-state index contributed by atoms with van der Waals surface area (Å²) in [4.78, 5) is 4.80. The molecule has 2 heterocycles. The van der Waals surface area contributed by atoms with E-state index >= 15 is 0 Å². The van der Waals surface area contributed by atoms with Gasteiger partial charge in [-0.2, -0.15) is 0 Å². The zero-order valence-corrected chi connectivity index (χ0v) is 19.6. The molecule has 0 unspecified atom stereocenters. The minimum atomic E-state index is -0.0609. The van der Waals surface area contributed by atoms with Crippen molar-refractivity contribution in [2.24, 2.45) is 0 Å². The zero-order valence-electron chi connectivity index (χ0n) is 19.6. The Labute approximate surface area is 177 Å². The van der Waals surface area contributed by atoms with E-state index in [1.54, 1.807) is 12.1 Å². The molecule has 0 radical (unpaired) electrons. The van der Waals surface area contributed by atoms with Gasteiger partial charge in [0.05, 0.1) is 0 Å². The largest absolute Gasteiger partial charge is 0.290 e. The minimum absolute atomic E-state index is 0.0609. The van der Waals surface area contributed by atoms with E-state index in [0.717, 1.165) is 37.3 Å². The molecule has 2 aromatic rings. The van der Waals surface area contributed by atoms with Gasteiger partial charge >= 0.3 is 0 Å². The van der Waals surface area contributed by atoms with Gasteiger partial charge in [-0.25, -0.2) is 4.39 Å². The van der Waals surface area contributed by atoms with Gasteiger partial charge in [0.1, 0.15) is 5.82 Å². The summed E-state index contributed by atoms with van der Waals surface area (Å²) in [6.07, 6.45) is 0. The van der Waals surface area contributed by atoms with Crippen LogP contribution in [0.15, 0.2) is 42.5 Å². The Kier molecular flexibility index (Phi) is 7.64. The predicted molar refractivity (Wildman–Crippen MR) is 122 cm³/mol. The number of hydrogen-bond acceptors (Lipinski definition) is 2. The van der Waals surface area contributed by atoms with E-state index in [1.807, 2.05) is 19.9 Å². The molecule has 0 aromatic heterocycles. The third-order valence-electron chi connectivity index (χ3n) is 5.66. The molecule has 29 heavy (non-hydrogen) atoms. The van der Waals surface area contributed by atoms with Crippen LogP contribution >= 0.6 is 0 Å². The van der Waals surface area contributed by atoms with E-state index in [1.165, 1.54) is 11.1 Å². The van der Waals surface area contributed by atoms with Crippen LogP contribution in [0.4, 0.5) is 4.39 Å². The minimum Gasteiger partial charge on any atom is -0.290 e. The molecule has 3 heteroatoms. The van der Waals surface area contributed by atoms with Gasteiger partial charge in [0.2, 0.25) is 0 Å². The quantitative estimate of drug-likeness (QED) is 0.483. The fraction of sp³-hybridized carbons (Fsp3) is 0.538. The molecule has 0 atom stereocenters. The van der Waals surface area contributed by atoms with E-state index < -0.39 is 0 Å². The van der Waals surface area contributed by atoms with Gasteiger partial charge in [-0.05, 0) is 64.3 Å². The molecule has 2 aliphatic rings. The van der Waals surface area contributed by atoms with Crippen molar-refractivity contribution in [3.05, 3.63) is 70.5 Å². The Morgan fingerprint density at radius 3 is 1.48 bits per heavy atom. The van der Waals surface area contributed by atoms with E-state index in [-0.39, 0.29) is 11.4 Å². The third kappa shape index (κ3) is 5.90. The molecule has 0 saturated carbocycles. The summed E-state index contributed by atoms with van der Waals surface area (Å²) in [7, 11) is 0. The predicted octanol–water partition coefficient (Wildman–Crippen LogP) is 6.77. The Morgan fingerprint density at radius 1 is 0.621 bits per heavy atom. The first kappa shape index (κ1) is 23.6. The summed E-state index contributed by atoms with van der Waals surface area (Å²) in [6.45, 7) is 21.2. The van der Waals surface area contributed by atoms with E-state index in [0.29, 0.717) is 5.54 Å². The van der Waals surface area contributed by atoms with Crippen LogP contribution in [0.25, 0.3) is 0 Å². The number of hydrogen-bond donors (Lipinski definition) is 0. The highest BCUT2D eigenvalue weighted by Crippen LogP contribution is 2.30. The zero-order chi connectivity index (χ0) is 21.8. The fourth-order valence-corrected chi connectivity index (χ4v) is 3.66. The molecule has 2 aromatic carbocycles. The van der Waals surface area contributed by atoms with Crippen LogP contribution in [-0.4, -0.2) is 20.9 Å². The van der Waals surface area contributed by atoms with Crippen molar-refractivity contribution in [1.29, 1.82) is 0 Å². The summed E-state index contributed by atoms with van der Waals surface area (Å²) >= 11 is 0. The summed E-state index contributed by atoms with van der Waals surface area (Å²) in [5.41, 5.74) is 5.42. The standard InChI is InChI=1S/C12H16FN.C12H17N.C2H6/c1-12(2,3)14-7-9-5-4-6-11(13)10(9)8-14;1-12(2,3)13-8-10-6-4-5-7-11(10)9-13;1-2/h4-6H,7-8H2,1-3H3;4-7H,8-9H2,1-3H3;1-2H3. The first-order chi connectivity index (χ1) is 13.6. The molecule has 0 saturated heterocycles. The van der Waals surface area contributed by atoms with Gasteiger partial charge in [0.25, 0.3) is 0 Å². The highest BCUT2D eigenvalue weighted by molar-refractivity contribution is 5.32. The van der Waals surface area contributed by atoms with Gasteiger partial charge in [-0.15, -0.1) is 0 Å². The normalized spacial score (nSPS) is 16.3. The van der Waals surface area contributed by atoms with Crippen molar-refractivity contribution in [2.75, 3.05) is 0 Å². The van der Waals surface area contributed by atoms with Crippen LogP contribution in [0.1, 0.15) is 77.6 Å². The van der Waals surface area contributed by atoms with E-state index in [2.05, 4.69) is 75.6 Å². The average Bonchev–Trinajstić information content (AvgIpc) is 3.28. The van der Waals surface area contributed by atoms with Crippen LogP contribution in [-0.2, 0) is 26.2 Å². The molecular weight excluding hydrogens is 359 g/mol. The third-order valence-corrected chi connectivity index (χ3v) is 5.66. The number of benzene rings is 2. The lowest BCUT2D eigenvalue weighted by molar-refractivity contribution is 0.135. The molecular formula is C26H39FN2. The smallest absolute Gasteiger partial charge is 0.128 e. The number of nitrogens with zero attached hydrogens (tertiary/aromatic N) is 2. The number of rotatable bonds is 0. The van der Waals surface area contributed by atoms with Gasteiger partial charge in [0, 0.05) is 42.8 Å². The van der Waals surface area contributed by atoms with Crippen LogP contribution in [0.3, 0.4) is 0 Å². The molecule has 2 nitrogen and oxygen atoms in total. The maximum absolute atomic E-state index is 13.4. The van der Waals surface area contributed by atoms with E-state index in [9.17, 15) is 4.39 Å². The maximum Gasteiger partial charge on any atom is 0.128 e. The van der Waals surface area contributed by atoms with Crippen molar-refractivity contribution >= 4 is 0 Å². The molecule has 0 fully saturated rings. The summed E-state index contributed by atoms with van der Waals surface area (Å²) in [6, 6.07) is 14.1. The van der Waals surface area contributed by atoms with Gasteiger partial charge in [0.15, 0.2) is 0 Å². The van der Waals surface area contributed by atoms with Crippen molar-refractivity contribution in [1.82, 2.24) is 9.80 Å². The van der Waals surface area contributed by atoms with E-state index in [4.69, 9.17) is 0 Å². The topological polar surface area (TPSA) is 6.48 Å². The molecule has 0 bridgehead atoms. The lowest BCUT2D eigenvalue weighted by atomic mass is 10.1. The van der Waals surface area contributed by atoms with Crippen molar-refractivity contribution in [2.45, 2.75) is 92.6 Å². The SMILES string of the molecule is CC.CC(C)(C)N1Cc2cccc(F)c2C1.CC(C)(C)N1Cc2ccccc2C1. The van der Waals surface area contributed by atoms with Crippen LogP contribution in [0.2, 0.25) is 0 Å². The summed E-state index contributed by atoms with van der Waals surface area (Å²) < 4.78 is 13.4. The average molecular weight is 399 g/mol. The lowest BCUT2D eigenvalue weighted by Gasteiger charge is -2.31. The monoisotopic (exact) mass is 398 g/mol. The summed E-state index contributed by atoms with van der Waals surface area (Å²) in [5, 5.41) is 0. The van der Waals surface area contributed by atoms with Gasteiger partial charge in [-0.3, -0.25) is 9.80 Å². The first-order valence-corrected chi connectivity index (χ1v) is 10.9. The fourth-order valence-electron chi connectivity index (χ4n) is 3.66. The number of halogens is 1. The second-order valence-electron chi connectivity index (χ2n) is 9.70. The Balaban J connectivity index is 0.000000191. The van der Waals surface area contributed by atoms with Crippen molar-refractivity contribution in [3.8, 4) is 0 Å². The van der Waals surface area contributed by atoms with Crippen LogP contribution in [0, 0.1) is 5.82 Å². The molecule has 0 amide bonds. The molecule has 2 aliphatic heterocycles. The van der Waals surface area contributed by atoms with Crippen molar-refractivity contribution in [3.63, 3.8) is 0 Å². The number of fused-ring (bicyclic) bond motifs is 2. The lowest BCUT2D eigenvalue weighted by Crippen LogP contribution is -2.36. The first-order valence-electron chi connectivity index (χ1n) is 10.9. The Bertz CT molecular complexity index is 774. The molecule has 0 N–H and O–H groups in total. The van der Waals surface area contributed by atoms with Crippen molar-refractivity contribution < 1.29 is 4.39 Å². The van der Waals surface area contributed by atoms with Crippen LogP contribution < -0.4 is 0 Å². The second-order valence-corrected chi connectivity index (χ2v) is 9.70. The highest BCUT2D eigenvalue weighted by atomic mass is 19.1. The Hall–Kier alpha value is -1.71. The molecule has 0 spiro atoms. The molecule has 0 aliphatic carbocycles. The molecule has 4 rings (SSSR count). The summed E-state index contributed by atoms with van der Waals surface area (Å²) in [5.74, 6) is -0.0609. The highest BCUT2D eigenvalue weighted by Gasteiger charge is 2.29. The Morgan fingerprint density at radius 2 is 1.03 bits per heavy atom. The van der Waals surface area contributed by atoms with Gasteiger partial charge in [-0.1, -0.05) is 50.2 Å². The van der Waals surface area contributed by atoms with Crippen LogP contribution in [0.5, 0.6) is 0 Å².